The Bertz CT molecular complexity index is 881. The van der Waals surface area contributed by atoms with Gasteiger partial charge in [-0.2, -0.15) is 0 Å². The van der Waals surface area contributed by atoms with E-state index in [0.29, 0.717) is 0 Å². The highest BCUT2D eigenvalue weighted by Gasteiger charge is 2.50. The summed E-state index contributed by atoms with van der Waals surface area (Å²) in [6.07, 6.45) is -17.7. The monoisotopic (exact) mass is 644 g/mol. The van der Waals surface area contributed by atoms with Gasteiger partial charge in [0.1, 0.15) is 54.9 Å². The van der Waals surface area contributed by atoms with E-state index in [2.05, 4.69) is 0 Å². The highest BCUT2D eigenvalue weighted by atomic mass is 16.7. The van der Waals surface area contributed by atoms with Gasteiger partial charge in [-0.05, 0) is 6.42 Å². The number of rotatable bonds is 11. The molecule has 1 aliphatic carbocycles. The molecular weight excluding hydrogens is 596 g/mol. The highest BCUT2D eigenvalue weighted by Crippen LogP contribution is 2.30. The summed E-state index contributed by atoms with van der Waals surface area (Å²) in [5.74, 6) is 0. The van der Waals surface area contributed by atoms with Gasteiger partial charge in [-0.25, -0.2) is 0 Å². The zero-order valence-corrected chi connectivity index (χ0v) is 24.1. The molecule has 44 heavy (non-hydrogen) atoms. The number of hydrogen-bond acceptors (Lipinski definition) is 19. The van der Waals surface area contributed by atoms with Gasteiger partial charge in [-0.1, -0.05) is 0 Å². The predicted octanol–water partition coefficient (Wildman–Crippen LogP) is -8.22. The van der Waals surface area contributed by atoms with Crippen LogP contribution in [0.4, 0.5) is 0 Å². The summed E-state index contributed by atoms with van der Waals surface area (Å²) in [5, 5.41) is 90.4. The number of hydrogen-bond donors (Lipinski definition) is 12. The van der Waals surface area contributed by atoms with Gasteiger partial charge in [0.15, 0.2) is 18.9 Å². The third kappa shape index (κ3) is 8.02. The van der Waals surface area contributed by atoms with E-state index in [-0.39, 0.29) is 39.3 Å². The second kappa shape index (κ2) is 15.9. The van der Waals surface area contributed by atoms with Crippen LogP contribution < -0.4 is 17.2 Å². The van der Waals surface area contributed by atoms with Crippen molar-refractivity contribution in [2.75, 3.05) is 46.1 Å². The van der Waals surface area contributed by atoms with Crippen molar-refractivity contribution in [1.29, 1.82) is 0 Å². The predicted molar refractivity (Wildman–Crippen MR) is 144 cm³/mol. The molecule has 0 bridgehead atoms. The number of nitrogens with two attached hydrogens (primary N) is 3. The van der Waals surface area contributed by atoms with Gasteiger partial charge >= 0.3 is 0 Å². The van der Waals surface area contributed by atoms with Gasteiger partial charge in [0.05, 0.1) is 44.7 Å². The van der Waals surface area contributed by atoms with Crippen molar-refractivity contribution in [3.63, 3.8) is 0 Å². The lowest BCUT2D eigenvalue weighted by Crippen LogP contribution is -2.68. The SMILES string of the molecule is N[C@H]1[C@@H](O[C@H]2[C@H](OC3CN(CCO[C@@H]4O[C@H](CO)[C@@H](O)[C@H](O)[C@H]4O)CC(CO)O3)[C@@H](O)[C@H](N)C[C@@H]2N)O[C@H](CO)[C@@H](O)[C@@H]1O. The molecule has 0 aromatic carbocycles. The van der Waals surface area contributed by atoms with Crippen LogP contribution in [0.2, 0.25) is 0 Å². The van der Waals surface area contributed by atoms with E-state index in [1.807, 2.05) is 4.90 Å². The second-order valence-corrected chi connectivity index (χ2v) is 11.7. The van der Waals surface area contributed by atoms with Crippen molar-refractivity contribution in [1.82, 2.24) is 4.90 Å². The third-order valence-electron chi connectivity index (χ3n) is 8.55. The average molecular weight is 645 g/mol. The number of aliphatic hydroxyl groups is 9. The number of ether oxygens (including phenoxy) is 6. The van der Waals surface area contributed by atoms with Crippen LogP contribution >= 0.6 is 0 Å². The first-order valence-corrected chi connectivity index (χ1v) is 14.7. The average Bonchev–Trinajstić information content (AvgIpc) is 3.01. The van der Waals surface area contributed by atoms with Crippen molar-refractivity contribution >= 4 is 0 Å². The van der Waals surface area contributed by atoms with Crippen molar-refractivity contribution in [3.8, 4) is 0 Å². The Balaban J connectivity index is 1.40. The van der Waals surface area contributed by atoms with Gasteiger partial charge in [-0.3, -0.25) is 4.90 Å². The maximum atomic E-state index is 11.0. The lowest BCUT2D eigenvalue weighted by Gasteiger charge is -2.48. The molecule has 0 aromatic rings. The van der Waals surface area contributed by atoms with Crippen LogP contribution in [0.5, 0.6) is 0 Å². The second-order valence-electron chi connectivity index (χ2n) is 11.7. The lowest BCUT2D eigenvalue weighted by atomic mass is 9.84. The first kappa shape index (κ1) is 36.1. The molecule has 4 rings (SSSR count). The van der Waals surface area contributed by atoms with Crippen LogP contribution in [0, 0.1) is 0 Å². The van der Waals surface area contributed by atoms with Gasteiger partial charge in [0, 0.05) is 31.7 Å². The van der Waals surface area contributed by atoms with E-state index in [9.17, 15) is 46.0 Å². The summed E-state index contributed by atoms with van der Waals surface area (Å²) in [7, 11) is 0. The minimum absolute atomic E-state index is 0.0296. The van der Waals surface area contributed by atoms with Crippen LogP contribution in [0.15, 0.2) is 0 Å². The molecule has 4 aliphatic rings. The fraction of sp³-hybridized carbons (Fsp3) is 1.00. The van der Waals surface area contributed by atoms with E-state index in [1.54, 1.807) is 0 Å². The topological polar surface area (TPSA) is 319 Å². The van der Waals surface area contributed by atoms with E-state index in [0.717, 1.165) is 0 Å². The molecule has 3 aliphatic heterocycles. The fourth-order valence-corrected chi connectivity index (χ4v) is 5.90. The Kier molecular flexibility index (Phi) is 13.0. The molecule has 2 unspecified atom stereocenters. The third-order valence-corrected chi connectivity index (χ3v) is 8.55. The van der Waals surface area contributed by atoms with Crippen molar-refractivity contribution in [2.45, 2.75) is 111 Å². The molecule has 0 spiro atoms. The Hall–Kier alpha value is -0.760. The largest absolute Gasteiger partial charge is 0.394 e. The summed E-state index contributed by atoms with van der Waals surface area (Å²) in [4.78, 5) is 1.81. The Morgan fingerprint density at radius 3 is 1.91 bits per heavy atom. The number of morpholine rings is 1. The molecule has 0 radical (unpaired) electrons. The zero-order chi connectivity index (χ0) is 32.3. The van der Waals surface area contributed by atoms with Crippen LogP contribution in [0.3, 0.4) is 0 Å². The smallest absolute Gasteiger partial charge is 0.186 e. The van der Waals surface area contributed by atoms with Gasteiger partial charge < -0.3 is 91.6 Å². The van der Waals surface area contributed by atoms with E-state index < -0.39 is 117 Å². The van der Waals surface area contributed by atoms with E-state index in [4.69, 9.17) is 45.6 Å². The van der Waals surface area contributed by atoms with Crippen LogP contribution in [-0.2, 0) is 28.4 Å². The molecule has 4 fully saturated rings. The standard InChI is InChI=1S/C25H48N4O15/c26-10-3-11(27)22(44-24-15(28)19(36)17(34)12(7-31)41-24)23(16(10)33)43-14-5-29(4-9(6-30)40-14)1-2-39-25-21(38)20(37)18(35)13(8-32)42-25/h9-25,30-38H,1-8,26-28H2/t9?,10-,11+,12-,13-,14?,15-,16+,17-,18-,19-,20+,21-,22-,23-,24-,25-/m1/s1. The maximum Gasteiger partial charge on any atom is 0.186 e. The highest BCUT2D eigenvalue weighted by molar-refractivity contribution is 5.01. The van der Waals surface area contributed by atoms with E-state index >= 15 is 0 Å². The van der Waals surface area contributed by atoms with Crippen molar-refractivity contribution < 1.29 is 74.4 Å². The van der Waals surface area contributed by atoms with Crippen molar-refractivity contribution in [2.24, 2.45) is 17.2 Å². The molecule has 1 saturated carbocycles. The molecule has 19 heteroatoms. The zero-order valence-electron chi connectivity index (χ0n) is 24.1. The van der Waals surface area contributed by atoms with Crippen molar-refractivity contribution in [3.05, 3.63) is 0 Å². The summed E-state index contributed by atoms with van der Waals surface area (Å²) >= 11 is 0. The summed E-state index contributed by atoms with van der Waals surface area (Å²) < 4.78 is 34.5. The molecule has 17 atom stereocenters. The molecule has 3 heterocycles. The van der Waals surface area contributed by atoms with Gasteiger partial charge in [-0.15, -0.1) is 0 Å². The first-order chi connectivity index (χ1) is 20.9. The Morgan fingerprint density at radius 2 is 1.27 bits per heavy atom. The summed E-state index contributed by atoms with van der Waals surface area (Å²) in [5.41, 5.74) is 18.5. The van der Waals surface area contributed by atoms with Crippen LogP contribution in [0.25, 0.3) is 0 Å². The fourth-order valence-electron chi connectivity index (χ4n) is 5.90. The van der Waals surface area contributed by atoms with Crippen LogP contribution in [-0.4, -0.2) is 201 Å². The maximum absolute atomic E-state index is 11.0. The number of nitrogens with zero attached hydrogens (tertiary/aromatic N) is 1. The summed E-state index contributed by atoms with van der Waals surface area (Å²) in [6, 6.07) is -2.81. The van der Waals surface area contributed by atoms with Gasteiger partial charge in [0.25, 0.3) is 0 Å². The normalized spacial score (nSPS) is 49.2. The number of aliphatic hydroxyl groups excluding tert-OH is 9. The quantitative estimate of drug-likeness (QED) is 0.0993. The summed E-state index contributed by atoms with van der Waals surface area (Å²) in [6.45, 7) is -1.03. The molecule has 3 saturated heterocycles. The van der Waals surface area contributed by atoms with Crippen LogP contribution in [0.1, 0.15) is 6.42 Å². The Labute approximate surface area is 253 Å². The minimum atomic E-state index is -1.59. The minimum Gasteiger partial charge on any atom is -0.394 e. The molecule has 19 nitrogen and oxygen atoms in total. The molecule has 0 amide bonds. The molecule has 258 valence electrons. The first-order valence-electron chi connectivity index (χ1n) is 14.7. The van der Waals surface area contributed by atoms with Gasteiger partial charge in [0.2, 0.25) is 0 Å². The molecule has 15 N–H and O–H groups in total. The van der Waals surface area contributed by atoms with E-state index in [1.165, 1.54) is 0 Å². The molecular formula is C25H48N4O15. The molecule has 0 aromatic heterocycles. The lowest BCUT2D eigenvalue weighted by molar-refractivity contribution is -0.317. The Morgan fingerprint density at radius 1 is 0.636 bits per heavy atom.